The Labute approximate surface area is 94.1 Å². The summed E-state index contributed by atoms with van der Waals surface area (Å²) in [6, 6.07) is 1.04. The Morgan fingerprint density at radius 1 is 1.53 bits per heavy atom. The third kappa shape index (κ3) is 1.90. The van der Waals surface area contributed by atoms with E-state index in [0.29, 0.717) is 4.57 Å². The quantitative estimate of drug-likeness (QED) is 0.567. The topological polar surface area (TPSA) is 105 Å². The molecule has 1 aromatic heterocycles. The molecule has 8 heteroatoms. The lowest BCUT2D eigenvalue weighted by Gasteiger charge is -2.14. The van der Waals surface area contributed by atoms with Crippen LogP contribution in [0.1, 0.15) is 6.23 Å². The van der Waals surface area contributed by atoms with Crippen LogP contribution >= 0.6 is 0 Å². The van der Waals surface area contributed by atoms with Gasteiger partial charge in [0.15, 0.2) is 12.4 Å². The minimum atomic E-state index is -1.95. The Morgan fingerprint density at radius 2 is 2.24 bits per heavy atom. The lowest BCUT2D eigenvalue weighted by molar-refractivity contribution is -0.0503. The van der Waals surface area contributed by atoms with E-state index in [1.54, 1.807) is 0 Å². The Hall–Kier alpha value is -1.51. The van der Waals surface area contributed by atoms with Crippen LogP contribution in [0.4, 0.5) is 4.39 Å². The lowest BCUT2D eigenvalue weighted by atomic mass is 10.1. The van der Waals surface area contributed by atoms with E-state index in [1.165, 1.54) is 0 Å². The van der Waals surface area contributed by atoms with Gasteiger partial charge in [0.1, 0.15) is 12.2 Å². The zero-order valence-electron chi connectivity index (χ0n) is 8.62. The van der Waals surface area contributed by atoms with E-state index in [2.05, 4.69) is 4.98 Å². The molecule has 3 N–H and O–H groups in total. The first kappa shape index (κ1) is 12.0. The van der Waals surface area contributed by atoms with E-state index in [0.717, 1.165) is 12.3 Å². The van der Waals surface area contributed by atoms with Gasteiger partial charge in [-0.1, -0.05) is 0 Å². The average Bonchev–Trinajstić information content (AvgIpc) is 2.57. The molecule has 0 amide bonds. The molecular weight excluding hydrogens is 235 g/mol. The second-order valence-corrected chi connectivity index (χ2v) is 3.67. The molecule has 1 aromatic rings. The van der Waals surface area contributed by atoms with E-state index in [4.69, 9.17) is 9.84 Å². The van der Waals surface area contributed by atoms with Gasteiger partial charge in [0.2, 0.25) is 0 Å². The molecule has 0 radical (unpaired) electrons. The van der Waals surface area contributed by atoms with E-state index in [9.17, 15) is 19.1 Å². The summed E-state index contributed by atoms with van der Waals surface area (Å²) in [6.45, 7) is -0.600. The highest BCUT2D eigenvalue weighted by atomic mass is 19.1. The van der Waals surface area contributed by atoms with E-state index in [-0.39, 0.29) is 0 Å². The molecule has 2 rings (SSSR count). The maximum Gasteiger partial charge on any atom is 0.330 e. The van der Waals surface area contributed by atoms with Crippen LogP contribution in [0, 0.1) is 0 Å². The smallest absolute Gasteiger partial charge is 0.330 e. The predicted octanol–water partition coefficient (Wildman–Crippen LogP) is -1.87. The van der Waals surface area contributed by atoms with E-state index < -0.39 is 42.5 Å². The highest BCUT2D eigenvalue weighted by Gasteiger charge is 2.45. The number of halogens is 1. The number of aromatic nitrogens is 2. The van der Waals surface area contributed by atoms with Gasteiger partial charge in [-0.15, -0.1) is 0 Å². The summed E-state index contributed by atoms with van der Waals surface area (Å²) in [4.78, 5) is 25.0. The highest BCUT2D eigenvalue weighted by molar-refractivity contribution is 4.93. The Balaban J connectivity index is 2.42. The summed E-state index contributed by atoms with van der Waals surface area (Å²) in [7, 11) is 0. The molecule has 7 nitrogen and oxygen atoms in total. The molecular formula is C9H11FN2O5. The van der Waals surface area contributed by atoms with Crippen LogP contribution in [0.3, 0.4) is 0 Å². The number of alkyl halides is 1. The number of aliphatic hydroxyl groups is 2. The first-order chi connectivity index (χ1) is 8.06. The third-order valence-electron chi connectivity index (χ3n) is 2.62. The Kier molecular flexibility index (Phi) is 3.09. The van der Waals surface area contributed by atoms with Crippen molar-refractivity contribution in [1.29, 1.82) is 0 Å². The molecule has 1 saturated heterocycles. The van der Waals surface area contributed by atoms with Crippen LogP contribution in [-0.4, -0.2) is 44.8 Å². The van der Waals surface area contributed by atoms with Crippen molar-refractivity contribution >= 4 is 0 Å². The first-order valence-corrected chi connectivity index (χ1v) is 4.95. The first-order valence-electron chi connectivity index (χ1n) is 4.95. The molecule has 94 valence electrons. The fourth-order valence-electron chi connectivity index (χ4n) is 1.74. The standard InChI is InChI=1S/C9H11FN2O5/c10-6-7(15)4(3-13)17-8(6)12-5(14)1-2-11-9(12)16/h1-2,4,6-8,13,15H,3H2,(H,11,16)/t4-,6?,7?,8-/m1/s1. The third-order valence-corrected chi connectivity index (χ3v) is 2.62. The van der Waals surface area contributed by atoms with Gasteiger partial charge in [-0.3, -0.25) is 4.79 Å². The maximum atomic E-state index is 13.7. The normalized spacial score (nSPS) is 32.9. The number of ether oxygens (including phenoxy) is 1. The Bertz CT molecular complexity index is 484. The van der Waals surface area contributed by atoms with Crippen molar-refractivity contribution in [3.63, 3.8) is 0 Å². The predicted molar refractivity (Wildman–Crippen MR) is 53.2 cm³/mol. The summed E-state index contributed by atoms with van der Waals surface area (Å²) in [5.74, 6) is 0. The van der Waals surface area contributed by atoms with E-state index in [1.807, 2.05) is 0 Å². The largest absolute Gasteiger partial charge is 0.394 e. The summed E-state index contributed by atoms with van der Waals surface area (Å²) < 4.78 is 19.1. The van der Waals surface area contributed by atoms with Gasteiger partial charge < -0.3 is 19.9 Å². The number of aliphatic hydroxyl groups excluding tert-OH is 2. The zero-order chi connectivity index (χ0) is 12.6. The number of aromatic amines is 1. The summed E-state index contributed by atoms with van der Waals surface area (Å²) in [6.07, 6.45) is -5.07. The number of nitrogens with zero attached hydrogens (tertiary/aromatic N) is 1. The van der Waals surface area contributed by atoms with Gasteiger partial charge in [-0.25, -0.2) is 13.8 Å². The van der Waals surface area contributed by atoms with Crippen LogP contribution in [0.2, 0.25) is 0 Å². The average molecular weight is 246 g/mol. The van der Waals surface area contributed by atoms with E-state index >= 15 is 0 Å². The summed E-state index contributed by atoms with van der Waals surface area (Å²) in [5.41, 5.74) is -1.58. The molecule has 0 aliphatic carbocycles. The van der Waals surface area contributed by atoms with Gasteiger partial charge >= 0.3 is 5.69 Å². The monoisotopic (exact) mass is 246 g/mol. The van der Waals surface area contributed by atoms with Gasteiger partial charge in [-0.2, -0.15) is 0 Å². The second kappa shape index (κ2) is 4.40. The fourth-order valence-corrected chi connectivity index (χ4v) is 1.74. The van der Waals surface area contributed by atoms with Crippen molar-refractivity contribution < 1.29 is 19.3 Å². The van der Waals surface area contributed by atoms with Gasteiger partial charge in [0, 0.05) is 12.3 Å². The summed E-state index contributed by atoms with van der Waals surface area (Å²) in [5, 5.41) is 18.2. The van der Waals surface area contributed by atoms with Gasteiger partial charge in [0.25, 0.3) is 5.56 Å². The molecule has 1 aliphatic heterocycles. The zero-order valence-corrected chi connectivity index (χ0v) is 8.62. The van der Waals surface area contributed by atoms with Crippen molar-refractivity contribution in [3.05, 3.63) is 33.1 Å². The number of hydrogen-bond donors (Lipinski definition) is 3. The van der Waals surface area contributed by atoms with Crippen LogP contribution in [0.15, 0.2) is 21.9 Å². The molecule has 0 bridgehead atoms. The van der Waals surface area contributed by atoms with Crippen molar-refractivity contribution in [2.45, 2.75) is 24.6 Å². The molecule has 2 heterocycles. The molecule has 17 heavy (non-hydrogen) atoms. The molecule has 4 atom stereocenters. The van der Waals surface area contributed by atoms with Gasteiger partial charge in [0.05, 0.1) is 6.61 Å². The highest BCUT2D eigenvalue weighted by Crippen LogP contribution is 2.29. The minimum Gasteiger partial charge on any atom is -0.394 e. The molecule has 0 saturated carbocycles. The van der Waals surface area contributed by atoms with Crippen LogP contribution in [0.25, 0.3) is 0 Å². The molecule has 0 aromatic carbocycles. The van der Waals surface area contributed by atoms with Crippen molar-refractivity contribution in [3.8, 4) is 0 Å². The van der Waals surface area contributed by atoms with Crippen LogP contribution in [0.5, 0.6) is 0 Å². The summed E-state index contributed by atoms with van der Waals surface area (Å²) >= 11 is 0. The number of nitrogens with one attached hydrogen (secondary N) is 1. The van der Waals surface area contributed by atoms with Crippen molar-refractivity contribution in [2.24, 2.45) is 0 Å². The molecule has 1 aliphatic rings. The SMILES string of the molecule is O=c1cc[nH]c(=O)n1[C@@H]1O[C@H](CO)C(O)C1F. The number of rotatable bonds is 2. The van der Waals surface area contributed by atoms with Crippen molar-refractivity contribution in [2.75, 3.05) is 6.61 Å². The van der Waals surface area contributed by atoms with Crippen LogP contribution < -0.4 is 11.2 Å². The second-order valence-electron chi connectivity index (χ2n) is 3.67. The van der Waals surface area contributed by atoms with Crippen molar-refractivity contribution in [1.82, 2.24) is 9.55 Å². The van der Waals surface area contributed by atoms with Gasteiger partial charge in [-0.05, 0) is 0 Å². The molecule has 2 unspecified atom stereocenters. The lowest BCUT2D eigenvalue weighted by Crippen LogP contribution is -2.40. The minimum absolute atomic E-state index is 0.531. The van der Waals surface area contributed by atoms with Crippen LogP contribution in [-0.2, 0) is 4.74 Å². The molecule has 1 fully saturated rings. The maximum absolute atomic E-state index is 13.7. The number of H-pyrrole nitrogens is 1. The number of hydrogen-bond acceptors (Lipinski definition) is 5. The fraction of sp³-hybridized carbons (Fsp3) is 0.556. The molecule has 0 spiro atoms. The Morgan fingerprint density at radius 3 is 2.76 bits per heavy atom.